The summed E-state index contributed by atoms with van der Waals surface area (Å²) >= 11 is 0. The standard InChI is InChI=1S/C11H14FNO2/c1-3-10(11(14)13-2)15-9-6-4-8(12)5-7-9/h4-7,10H,3H2,1-2H3,(H,13,14)/t10-/m1/s1. The minimum atomic E-state index is -0.527. The van der Waals surface area contributed by atoms with Gasteiger partial charge in [0, 0.05) is 7.05 Å². The van der Waals surface area contributed by atoms with Gasteiger partial charge in [-0.1, -0.05) is 6.92 Å². The van der Waals surface area contributed by atoms with Crippen molar-refractivity contribution in [3.05, 3.63) is 30.1 Å². The van der Waals surface area contributed by atoms with E-state index < -0.39 is 6.10 Å². The molecule has 0 aliphatic heterocycles. The van der Waals surface area contributed by atoms with Crippen LogP contribution in [0.1, 0.15) is 13.3 Å². The fourth-order valence-electron chi connectivity index (χ4n) is 1.16. The number of likely N-dealkylation sites (N-methyl/N-ethyl adjacent to an activating group) is 1. The normalized spacial score (nSPS) is 11.9. The van der Waals surface area contributed by atoms with Gasteiger partial charge in [0.1, 0.15) is 11.6 Å². The van der Waals surface area contributed by atoms with Crippen LogP contribution in [0.3, 0.4) is 0 Å². The van der Waals surface area contributed by atoms with Crippen LogP contribution >= 0.6 is 0 Å². The molecular weight excluding hydrogens is 197 g/mol. The van der Waals surface area contributed by atoms with Gasteiger partial charge in [-0.25, -0.2) is 4.39 Å². The smallest absolute Gasteiger partial charge is 0.260 e. The molecule has 0 saturated heterocycles. The number of hydrogen-bond donors (Lipinski definition) is 1. The highest BCUT2D eigenvalue weighted by molar-refractivity contribution is 5.80. The number of nitrogens with one attached hydrogen (secondary N) is 1. The van der Waals surface area contributed by atoms with Gasteiger partial charge in [-0.05, 0) is 30.7 Å². The molecular formula is C11H14FNO2. The van der Waals surface area contributed by atoms with Gasteiger partial charge in [-0.15, -0.1) is 0 Å². The number of amides is 1. The lowest BCUT2D eigenvalue weighted by Crippen LogP contribution is -2.35. The van der Waals surface area contributed by atoms with Crippen LogP contribution in [0.4, 0.5) is 4.39 Å². The Morgan fingerprint density at radius 1 is 1.47 bits per heavy atom. The monoisotopic (exact) mass is 211 g/mol. The van der Waals surface area contributed by atoms with Crippen molar-refractivity contribution in [2.24, 2.45) is 0 Å². The highest BCUT2D eigenvalue weighted by Crippen LogP contribution is 2.14. The van der Waals surface area contributed by atoms with E-state index in [-0.39, 0.29) is 11.7 Å². The van der Waals surface area contributed by atoms with Gasteiger partial charge in [0.15, 0.2) is 6.10 Å². The van der Waals surface area contributed by atoms with E-state index in [1.54, 1.807) is 7.05 Å². The molecule has 82 valence electrons. The maximum absolute atomic E-state index is 12.6. The Labute approximate surface area is 88.2 Å². The van der Waals surface area contributed by atoms with E-state index in [9.17, 15) is 9.18 Å². The number of hydrogen-bond acceptors (Lipinski definition) is 2. The van der Waals surface area contributed by atoms with Gasteiger partial charge in [-0.2, -0.15) is 0 Å². The molecule has 0 saturated carbocycles. The van der Waals surface area contributed by atoms with E-state index in [0.29, 0.717) is 12.2 Å². The first-order valence-electron chi connectivity index (χ1n) is 4.81. The second kappa shape index (κ2) is 5.34. The number of halogens is 1. The molecule has 1 atom stereocenters. The molecule has 1 aromatic rings. The van der Waals surface area contributed by atoms with E-state index in [2.05, 4.69) is 5.32 Å². The van der Waals surface area contributed by atoms with Crippen molar-refractivity contribution in [1.29, 1.82) is 0 Å². The van der Waals surface area contributed by atoms with E-state index in [1.807, 2.05) is 6.92 Å². The zero-order chi connectivity index (χ0) is 11.3. The molecule has 0 aliphatic carbocycles. The first kappa shape index (κ1) is 11.5. The lowest BCUT2D eigenvalue weighted by Gasteiger charge is -2.15. The summed E-state index contributed by atoms with van der Waals surface area (Å²) in [7, 11) is 1.55. The summed E-state index contributed by atoms with van der Waals surface area (Å²) in [5.41, 5.74) is 0. The second-order valence-corrected chi connectivity index (χ2v) is 3.08. The van der Waals surface area contributed by atoms with E-state index in [0.717, 1.165) is 0 Å². The van der Waals surface area contributed by atoms with Crippen molar-refractivity contribution in [2.75, 3.05) is 7.05 Å². The molecule has 0 fully saturated rings. The summed E-state index contributed by atoms with van der Waals surface area (Å²) < 4.78 is 18.0. The predicted molar refractivity (Wildman–Crippen MR) is 55.2 cm³/mol. The van der Waals surface area contributed by atoms with Crippen LogP contribution in [0.2, 0.25) is 0 Å². The Morgan fingerprint density at radius 3 is 2.53 bits per heavy atom. The molecule has 15 heavy (non-hydrogen) atoms. The zero-order valence-corrected chi connectivity index (χ0v) is 8.79. The van der Waals surface area contributed by atoms with Crippen LogP contribution < -0.4 is 10.1 Å². The Morgan fingerprint density at radius 2 is 2.07 bits per heavy atom. The lowest BCUT2D eigenvalue weighted by molar-refractivity contribution is -0.127. The molecule has 0 bridgehead atoms. The van der Waals surface area contributed by atoms with Crippen LogP contribution in [0, 0.1) is 5.82 Å². The maximum atomic E-state index is 12.6. The highest BCUT2D eigenvalue weighted by atomic mass is 19.1. The van der Waals surface area contributed by atoms with Crippen molar-refractivity contribution in [2.45, 2.75) is 19.4 Å². The molecule has 0 aliphatic rings. The number of carbonyl (C=O) groups is 1. The van der Waals surface area contributed by atoms with Crippen LogP contribution in [0.5, 0.6) is 5.75 Å². The Hall–Kier alpha value is -1.58. The number of benzene rings is 1. The summed E-state index contributed by atoms with van der Waals surface area (Å²) in [6, 6.07) is 5.60. The molecule has 1 rings (SSSR count). The van der Waals surface area contributed by atoms with Gasteiger partial charge < -0.3 is 10.1 Å². The molecule has 0 heterocycles. The molecule has 0 spiro atoms. The minimum Gasteiger partial charge on any atom is -0.481 e. The van der Waals surface area contributed by atoms with Crippen LogP contribution in [-0.2, 0) is 4.79 Å². The minimum absolute atomic E-state index is 0.179. The number of ether oxygens (including phenoxy) is 1. The van der Waals surface area contributed by atoms with Crippen molar-refractivity contribution in [3.8, 4) is 5.75 Å². The van der Waals surface area contributed by atoms with Crippen molar-refractivity contribution >= 4 is 5.91 Å². The van der Waals surface area contributed by atoms with Crippen molar-refractivity contribution in [1.82, 2.24) is 5.32 Å². The Balaban J connectivity index is 2.66. The second-order valence-electron chi connectivity index (χ2n) is 3.08. The van der Waals surface area contributed by atoms with E-state index in [4.69, 9.17) is 4.74 Å². The van der Waals surface area contributed by atoms with Gasteiger partial charge in [-0.3, -0.25) is 4.79 Å². The molecule has 4 heteroatoms. The summed E-state index contributed by atoms with van der Waals surface area (Å²) in [5, 5.41) is 2.51. The average molecular weight is 211 g/mol. The Bertz CT molecular complexity index is 324. The summed E-state index contributed by atoms with van der Waals surface area (Å²) in [6.07, 6.45) is 0.0392. The summed E-state index contributed by atoms with van der Waals surface area (Å²) in [5.74, 6) is -0.0102. The fourth-order valence-corrected chi connectivity index (χ4v) is 1.16. The molecule has 3 nitrogen and oxygen atoms in total. The van der Waals surface area contributed by atoms with Gasteiger partial charge >= 0.3 is 0 Å². The third kappa shape index (κ3) is 3.23. The maximum Gasteiger partial charge on any atom is 0.260 e. The van der Waals surface area contributed by atoms with Crippen LogP contribution in [0.25, 0.3) is 0 Å². The topological polar surface area (TPSA) is 38.3 Å². The molecule has 1 amide bonds. The predicted octanol–water partition coefficient (Wildman–Crippen LogP) is 1.73. The van der Waals surface area contributed by atoms with Crippen LogP contribution in [-0.4, -0.2) is 19.1 Å². The fraction of sp³-hybridized carbons (Fsp3) is 0.364. The summed E-state index contributed by atoms with van der Waals surface area (Å²) in [6.45, 7) is 1.85. The SMILES string of the molecule is CC[C@@H](Oc1ccc(F)cc1)C(=O)NC. The molecule has 0 radical (unpaired) electrons. The first-order valence-corrected chi connectivity index (χ1v) is 4.81. The number of rotatable bonds is 4. The quantitative estimate of drug-likeness (QED) is 0.823. The zero-order valence-electron chi connectivity index (χ0n) is 8.79. The largest absolute Gasteiger partial charge is 0.481 e. The Kier molecular flexibility index (Phi) is 4.09. The first-order chi connectivity index (χ1) is 7.17. The number of carbonyl (C=O) groups excluding carboxylic acids is 1. The molecule has 0 unspecified atom stereocenters. The third-order valence-electron chi connectivity index (χ3n) is 2.00. The molecule has 1 N–H and O–H groups in total. The van der Waals surface area contributed by atoms with E-state index >= 15 is 0 Å². The average Bonchev–Trinajstić information content (AvgIpc) is 2.27. The third-order valence-corrected chi connectivity index (χ3v) is 2.00. The van der Waals surface area contributed by atoms with Gasteiger partial charge in [0.25, 0.3) is 5.91 Å². The van der Waals surface area contributed by atoms with E-state index in [1.165, 1.54) is 24.3 Å². The van der Waals surface area contributed by atoms with Gasteiger partial charge in [0.05, 0.1) is 0 Å². The van der Waals surface area contributed by atoms with Crippen molar-refractivity contribution < 1.29 is 13.9 Å². The molecule has 1 aromatic carbocycles. The summed E-state index contributed by atoms with van der Waals surface area (Å²) in [4.78, 5) is 11.3. The highest BCUT2D eigenvalue weighted by Gasteiger charge is 2.16. The molecule has 0 aromatic heterocycles. The van der Waals surface area contributed by atoms with Gasteiger partial charge in [0.2, 0.25) is 0 Å². The lowest BCUT2D eigenvalue weighted by atomic mass is 10.2. The van der Waals surface area contributed by atoms with Crippen LogP contribution in [0.15, 0.2) is 24.3 Å². The van der Waals surface area contributed by atoms with Crippen molar-refractivity contribution in [3.63, 3.8) is 0 Å².